The van der Waals surface area contributed by atoms with Crippen LogP contribution >= 0.6 is 57.7 Å². The second kappa shape index (κ2) is 6.24. The molecule has 5 heteroatoms. The second-order valence-electron chi connectivity index (χ2n) is 2.16. The maximum atomic E-state index is 4.30. The van der Waals surface area contributed by atoms with Crippen molar-refractivity contribution < 1.29 is 0 Å². The van der Waals surface area contributed by atoms with Gasteiger partial charge in [-0.2, -0.15) is 24.4 Å². The van der Waals surface area contributed by atoms with Crippen LogP contribution in [0.4, 0.5) is 0 Å². The maximum absolute atomic E-state index is 4.30. The Hall–Kier alpha value is 1.75. The summed E-state index contributed by atoms with van der Waals surface area (Å²) in [5.74, 6) is 3.61. The quantitative estimate of drug-likeness (QED) is 0.598. The average Bonchev–Trinajstić information content (AvgIpc) is 2.07. The van der Waals surface area contributed by atoms with Crippen molar-refractivity contribution in [1.29, 1.82) is 0 Å². The molecule has 0 bridgehead atoms. The smallest absolute Gasteiger partial charge is 0.0696 e. The Morgan fingerprint density at radius 3 is 2.73 bits per heavy atom. The lowest BCUT2D eigenvalue weighted by Crippen LogP contribution is -2.19. The van der Waals surface area contributed by atoms with Gasteiger partial charge in [-0.3, -0.25) is 0 Å². The monoisotopic (exact) mass is 244 g/mol. The minimum absolute atomic E-state index is 0.794. The van der Waals surface area contributed by atoms with Crippen LogP contribution in [0.1, 0.15) is 0 Å². The molecular formula is C6H12S5. The van der Waals surface area contributed by atoms with E-state index in [1.54, 1.807) is 0 Å². The Morgan fingerprint density at radius 1 is 1.45 bits per heavy atom. The first-order valence-electron chi connectivity index (χ1n) is 3.40. The van der Waals surface area contributed by atoms with Crippen LogP contribution in [0.15, 0.2) is 0 Å². The van der Waals surface area contributed by atoms with E-state index in [0.29, 0.717) is 0 Å². The predicted octanol–water partition coefficient (Wildman–Crippen LogP) is 3.10. The zero-order chi connectivity index (χ0) is 8.10. The molecule has 0 radical (unpaired) electrons. The summed E-state index contributed by atoms with van der Waals surface area (Å²) < 4.78 is 0.811. The molecular weight excluding hydrogens is 232 g/mol. The van der Waals surface area contributed by atoms with Gasteiger partial charge in [0.1, 0.15) is 0 Å². The molecule has 0 aromatic carbocycles. The molecule has 0 N–H and O–H groups in total. The molecule has 0 aliphatic carbocycles. The summed E-state index contributed by atoms with van der Waals surface area (Å²) in [7, 11) is 3.88. The summed E-state index contributed by atoms with van der Waals surface area (Å²) in [4.78, 5) is 0. The Bertz CT molecular complexity index is 99.1. The van der Waals surface area contributed by atoms with Gasteiger partial charge < -0.3 is 0 Å². The minimum Gasteiger partial charge on any atom is -0.178 e. The van der Waals surface area contributed by atoms with Crippen LogP contribution in [-0.2, 0) is 0 Å². The van der Waals surface area contributed by atoms with Crippen LogP contribution in [0.3, 0.4) is 0 Å². The summed E-state index contributed by atoms with van der Waals surface area (Å²) >= 11 is 8.47. The fourth-order valence-corrected chi connectivity index (χ4v) is 7.22. The molecule has 66 valence electrons. The first kappa shape index (κ1) is 10.8. The van der Waals surface area contributed by atoms with Crippen LogP contribution in [0.2, 0.25) is 0 Å². The lowest BCUT2D eigenvalue weighted by molar-refractivity contribution is 1.13. The van der Waals surface area contributed by atoms with Crippen LogP contribution in [0, 0.1) is 0 Å². The molecule has 1 aliphatic rings. The lowest BCUT2D eigenvalue weighted by Gasteiger charge is -2.25. The third-order valence-electron chi connectivity index (χ3n) is 1.34. The Labute approximate surface area is 90.6 Å². The molecule has 0 aromatic rings. The van der Waals surface area contributed by atoms with Gasteiger partial charge in [-0.15, -0.1) is 11.8 Å². The molecule has 0 nitrogen and oxygen atoms in total. The topological polar surface area (TPSA) is 0 Å². The van der Waals surface area contributed by atoms with Crippen LogP contribution < -0.4 is 0 Å². The fourth-order valence-electron chi connectivity index (χ4n) is 0.794. The van der Waals surface area contributed by atoms with E-state index in [0.717, 1.165) is 15.6 Å². The summed E-state index contributed by atoms with van der Waals surface area (Å²) in [6.07, 6.45) is 2.15. The summed E-state index contributed by atoms with van der Waals surface area (Å²) in [5, 5.41) is 0.794. The minimum atomic E-state index is 0.794. The van der Waals surface area contributed by atoms with Crippen molar-refractivity contribution in [3.05, 3.63) is 0 Å². The molecule has 1 rings (SSSR count). The van der Waals surface area contributed by atoms with Crippen molar-refractivity contribution in [2.24, 2.45) is 0 Å². The van der Waals surface area contributed by atoms with Gasteiger partial charge in [0.25, 0.3) is 0 Å². The van der Waals surface area contributed by atoms with Crippen LogP contribution in [0.5, 0.6) is 0 Å². The highest BCUT2D eigenvalue weighted by atomic mass is 33.1. The summed E-state index contributed by atoms with van der Waals surface area (Å²) in [6.45, 7) is 0. The van der Waals surface area contributed by atoms with Gasteiger partial charge in [-0.05, 0) is 6.26 Å². The molecule has 2 atom stereocenters. The summed E-state index contributed by atoms with van der Waals surface area (Å²) in [6, 6.07) is 0. The van der Waals surface area contributed by atoms with E-state index in [1.807, 2.05) is 21.6 Å². The fraction of sp³-hybridized carbons (Fsp3) is 1.00. The lowest BCUT2D eigenvalue weighted by atomic mass is 10.5. The van der Waals surface area contributed by atoms with Crippen molar-refractivity contribution in [2.45, 2.75) is 9.83 Å². The highest BCUT2D eigenvalue weighted by Gasteiger charge is 2.20. The van der Waals surface area contributed by atoms with E-state index in [-0.39, 0.29) is 0 Å². The van der Waals surface area contributed by atoms with Gasteiger partial charge in [0.2, 0.25) is 0 Å². The first-order valence-corrected chi connectivity index (χ1v) is 8.75. The average molecular weight is 244 g/mol. The van der Waals surface area contributed by atoms with Gasteiger partial charge in [-0.1, -0.05) is 21.6 Å². The van der Waals surface area contributed by atoms with Crippen LogP contribution in [0.25, 0.3) is 0 Å². The van der Waals surface area contributed by atoms with Gasteiger partial charge in [0.15, 0.2) is 0 Å². The Kier molecular flexibility index (Phi) is 6.14. The van der Waals surface area contributed by atoms with Gasteiger partial charge in [0.05, 0.1) is 4.58 Å². The number of rotatable bonds is 3. The summed E-state index contributed by atoms with van der Waals surface area (Å²) in [5.41, 5.74) is 0. The normalized spacial score (nSPS) is 32.2. The molecule has 0 spiro atoms. The number of thioether (sulfide) groups is 2. The largest absolute Gasteiger partial charge is 0.178 e. The molecule has 1 heterocycles. The molecule has 0 amide bonds. The third-order valence-corrected chi connectivity index (χ3v) is 8.04. The predicted molar refractivity (Wildman–Crippen MR) is 67.5 cm³/mol. The standard InChI is InChI=1S/C6H12S5/c1-8-11-6-4-9-5(2-7)3-10-6/h5-7H,2-4H2,1H3. The van der Waals surface area contributed by atoms with E-state index < -0.39 is 0 Å². The van der Waals surface area contributed by atoms with Crippen molar-refractivity contribution in [2.75, 3.05) is 23.5 Å². The van der Waals surface area contributed by atoms with Gasteiger partial charge >= 0.3 is 0 Å². The first-order chi connectivity index (χ1) is 5.36. The number of thiol groups is 1. The highest BCUT2D eigenvalue weighted by molar-refractivity contribution is 8.78. The van der Waals surface area contributed by atoms with Crippen LogP contribution in [-0.4, -0.2) is 33.3 Å². The molecule has 2 unspecified atom stereocenters. The van der Waals surface area contributed by atoms with E-state index >= 15 is 0 Å². The molecule has 0 aromatic heterocycles. The molecule has 1 aliphatic heterocycles. The number of hydrogen-bond donors (Lipinski definition) is 1. The van der Waals surface area contributed by atoms with Crippen molar-refractivity contribution in [3.63, 3.8) is 0 Å². The zero-order valence-electron chi connectivity index (χ0n) is 6.36. The van der Waals surface area contributed by atoms with E-state index in [1.165, 1.54) is 11.5 Å². The van der Waals surface area contributed by atoms with Crippen molar-refractivity contribution in [1.82, 2.24) is 0 Å². The third kappa shape index (κ3) is 3.98. The Morgan fingerprint density at radius 2 is 2.27 bits per heavy atom. The number of hydrogen-bond acceptors (Lipinski definition) is 5. The van der Waals surface area contributed by atoms with Crippen molar-refractivity contribution in [3.8, 4) is 0 Å². The van der Waals surface area contributed by atoms with Crippen molar-refractivity contribution >= 4 is 57.7 Å². The molecule has 11 heavy (non-hydrogen) atoms. The zero-order valence-corrected chi connectivity index (χ0v) is 10.5. The maximum Gasteiger partial charge on any atom is 0.0696 e. The SMILES string of the molecule is CSSC1CSC(CS)CS1. The van der Waals surface area contributed by atoms with Gasteiger partial charge in [-0.25, -0.2) is 0 Å². The van der Waals surface area contributed by atoms with E-state index in [2.05, 4.69) is 42.4 Å². The Balaban J connectivity index is 2.14. The van der Waals surface area contributed by atoms with Gasteiger partial charge in [0, 0.05) is 22.5 Å². The van der Waals surface area contributed by atoms with E-state index in [9.17, 15) is 0 Å². The molecule has 0 saturated carbocycles. The second-order valence-corrected chi connectivity index (χ2v) is 8.07. The van der Waals surface area contributed by atoms with E-state index in [4.69, 9.17) is 0 Å². The molecule has 1 saturated heterocycles. The molecule has 1 fully saturated rings. The highest BCUT2D eigenvalue weighted by Crippen LogP contribution is 2.40.